The van der Waals surface area contributed by atoms with Gasteiger partial charge >= 0.3 is 0 Å². The zero-order chi connectivity index (χ0) is 28.1. The number of amides is 1. The van der Waals surface area contributed by atoms with Crippen LogP contribution in [0.25, 0.3) is 28.0 Å². The Bertz CT molecular complexity index is 1760. The van der Waals surface area contributed by atoms with E-state index in [0.29, 0.717) is 46.8 Å². The summed E-state index contributed by atoms with van der Waals surface area (Å²) in [7, 11) is 0. The number of morpholine rings is 1. The summed E-state index contributed by atoms with van der Waals surface area (Å²) in [5, 5.41) is 28.7. The second-order valence-corrected chi connectivity index (χ2v) is 10.9. The van der Waals surface area contributed by atoms with Crippen molar-refractivity contribution in [1.82, 2.24) is 44.9 Å². The summed E-state index contributed by atoms with van der Waals surface area (Å²) in [6.45, 7) is 7.12. The summed E-state index contributed by atoms with van der Waals surface area (Å²) < 4.78 is 9.58. The topological polar surface area (TPSA) is 129 Å². The van der Waals surface area contributed by atoms with Crippen LogP contribution in [0.5, 0.6) is 0 Å². The molecule has 1 amide bonds. The predicted octanol–water partition coefficient (Wildman–Crippen LogP) is 3.70. The van der Waals surface area contributed by atoms with Crippen LogP contribution in [-0.4, -0.2) is 71.3 Å². The Balaban J connectivity index is 1.16. The monoisotopic (exact) mass is 572 g/mol. The van der Waals surface area contributed by atoms with Crippen LogP contribution in [0.4, 0.5) is 5.69 Å². The number of carbonyl (C=O) groups excluding carboxylic acids is 1. The van der Waals surface area contributed by atoms with Crippen molar-refractivity contribution < 1.29 is 9.53 Å². The van der Waals surface area contributed by atoms with E-state index in [9.17, 15) is 4.79 Å². The van der Waals surface area contributed by atoms with Gasteiger partial charge in [-0.15, -0.1) is 10.2 Å². The van der Waals surface area contributed by atoms with Gasteiger partial charge < -0.3 is 15.4 Å². The average molecular weight is 573 g/mol. The summed E-state index contributed by atoms with van der Waals surface area (Å²) in [6.07, 6.45) is 5.62. The van der Waals surface area contributed by atoms with Gasteiger partial charge in [-0.2, -0.15) is 15.0 Å². The molecule has 1 aliphatic carbocycles. The number of carbonyl (C=O) groups is 1. The number of fused-ring (bicyclic) bond motifs is 1. The Morgan fingerprint density at radius 2 is 2.05 bits per heavy atom. The molecule has 4 aromatic heterocycles. The van der Waals surface area contributed by atoms with Crippen molar-refractivity contribution >= 4 is 28.7 Å². The van der Waals surface area contributed by atoms with E-state index in [1.165, 1.54) is 0 Å². The highest BCUT2D eigenvalue weighted by Gasteiger charge is 2.27. The van der Waals surface area contributed by atoms with Crippen LogP contribution in [0, 0.1) is 13.8 Å². The van der Waals surface area contributed by atoms with Crippen LogP contribution in [-0.2, 0) is 11.3 Å². The number of hydrogen-bond donors (Lipinski definition) is 2. The summed E-state index contributed by atoms with van der Waals surface area (Å²) in [4.78, 5) is 15.1. The number of pyridine rings is 1. The SMILES string of the molecule is Cc1nn(C[C@H]2CNCCO2)c(C)c1-c1ccn2ncc(C(=O)Nc3cc(-c4nnn(C5CC5)n4)ccc3Cl)c2c1. The molecule has 7 rings (SSSR count). The maximum Gasteiger partial charge on any atom is 0.259 e. The Hall–Kier alpha value is -4.13. The Morgan fingerprint density at radius 3 is 2.85 bits per heavy atom. The maximum atomic E-state index is 13.5. The zero-order valence-corrected chi connectivity index (χ0v) is 23.5. The van der Waals surface area contributed by atoms with Gasteiger partial charge in [-0.3, -0.25) is 9.48 Å². The van der Waals surface area contributed by atoms with Gasteiger partial charge in [-0.25, -0.2) is 4.52 Å². The molecular weight excluding hydrogens is 544 g/mol. The molecule has 2 N–H and O–H groups in total. The van der Waals surface area contributed by atoms with Gasteiger partial charge in [0.05, 0.1) is 59.0 Å². The van der Waals surface area contributed by atoms with Crippen molar-refractivity contribution in [1.29, 1.82) is 0 Å². The first-order chi connectivity index (χ1) is 19.9. The number of anilines is 1. The van der Waals surface area contributed by atoms with Gasteiger partial charge in [-0.05, 0) is 67.8 Å². The first-order valence-electron chi connectivity index (χ1n) is 13.7. The number of ether oxygens (including phenoxy) is 1. The van der Waals surface area contributed by atoms with E-state index in [4.69, 9.17) is 21.4 Å². The fourth-order valence-electron chi connectivity index (χ4n) is 5.28. The van der Waals surface area contributed by atoms with E-state index in [0.717, 1.165) is 54.0 Å². The van der Waals surface area contributed by atoms with Crippen LogP contribution in [0.2, 0.25) is 5.02 Å². The number of hydrogen-bond acceptors (Lipinski definition) is 8. The molecule has 210 valence electrons. The van der Waals surface area contributed by atoms with Crippen molar-refractivity contribution in [3.05, 3.63) is 64.7 Å². The van der Waals surface area contributed by atoms with Gasteiger partial charge in [0.15, 0.2) is 0 Å². The van der Waals surface area contributed by atoms with Gasteiger partial charge in [0.2, 0.25) is 5.82 Å². The average Bonchev–Trinajstić information content (AvgIpc) is 3.43. The minimum Gasteiger partial charge on any atom is -0.374 e. The van der Waals surface area contributed by atoms with Crippen LogP contribution < -0.4 is 10.6 Å². The van der Waals surface area contributed by atoms with Crippen LogP contribution in [0.15, 0.2) is 42.7 Å². The van der Waals surface area contributed by atoms with Crippen molar-refractivity contribution in [2.45, 2.75) is 45.4 Å². The molecule has 5 aromatic rings. The second-order valence-electron chi connectivity index (χ2n) is 10.5. The van der Waals surface area contributed by atoms with E-state index in [1.807, 2.05) is 36.0 Å². The lowest BCUT2D eigenvalue weighted by atomic mass is 10.0. The van der Waals surface area contributed by atoms with Crippen molar-refractivity contribution in [2.75, 3.05) is 25.0 Å². The normalized spacial score (nSPS) is 17.3. The van der Waals surface area contributed by atoms with Crippen molar-refractivity contribution in [3.63, 3.8) is 0 Å². The molecule has 5 heterocycles. The summed E-state index contributed by atoms with van der Waals surface area (Å²) in [5.41, 5.74) is 6.23. The van der Waals surface area contributed by atoms with Crippen molar-refractivity contribution in [2.24, 2.45) is 0 Å². The molecule has 1 aliphatic heterocycles. The molecule has 13 heteroatoms. The van der Waals surface area contributed by atoms with Crippen molar-refractivity contribution in [3.8, 4) is 22.5 Å². The molecule has 0 unspecified atom stereocenters. The fraction of sp³-hybridized carbons (Fsp3) is 0.357. The first-order valence-corrected chi connectivity index (χ1v) is 14.1. The highest BCUT2D eigenvalue weighted by atomic mass is 35.5. The summed E-state index contributed by atoms with van der Waals surface area (Å²) >= 11 is 6.47. The molecule has 1 saturated carbocycles. The van der Waals surface area contributed by atoms with Gasteiger partial charge in [-0.1, -0.05) is 11.6 Å². The number of nitrogens with zero attached hydrogens (tertiary/aromatic N) is 8. The zero-order valence-electron chi connectivity index (χ0n) is 22.7. The number of aryl methyl sites for hydroxylation is 1. The minimum absolute atomic E-state index is 0.0773. The number of tetrazole rings is 1. The quantitative estimate of drug-likeness (QED) is 0.302. The highest BCUT2D eigenvalue weighted by Crippen LogP contribution is 2.34. The fourth-order valence-corrected chi connectivity index (χ4v) is 5.45. The second kappa shape index (κ2) is 10.4. The van der Waals surface area contributed by atoms with Crippen LogP contribution >= 0.6 is 11.6 Å². The van der Waals surface area contributed by atoms with E-state index >= 15 is 0 Å². The smallest absolute Gasteiger partial charge is 0.259 e. The third-order valence-corrected chi connectivity index (χ3v) is 7.92. The van der Waals surface area contributed by atoms with E-state index < -0.39 is 0 Å². The molecule has 0 bridgehead atoms. The number of aromatic nitrogens is 8. The van der Waals surface area contributed by atoms with Gasteiger partial charge in [0.1, 0.15) is 0 Å². The minimum atomic E-state index is -0.322. The molecule has 0 radical (unpaired) electrons. The van der Waals surface area contributed by atoms with E-state index in [1.54, 1.807) is 27.6 Å². The third-order valence-electron chi connectivity index (χ3n) is 7.59. The molecule has 2 aliphatic rings. The van der Waals surface area contributed by atoms with Crippen LogP contribution in [0.1, 0.15) is 40.6 Å². The number of rotatable bonds is 7. The standard InChI is InChI=1S/C28H29ClN10O2/c1-16-26(17(2)38(34-16)15-21-13-30-8-10-41-21)18-7-9-37-25(12-18)22(14-31-37)28(40)32-24-11-19(3-6-23(24)29)27-33-36-39(35-27)20-4-5-20/h3,6-7,9,11-12,14,20-21,30H,4-5,8,10,13,15H2,1-2H3,(H,32,40)/t21-/m1/s1. The molecule has 1 saturated heterocycles. The molecule has 1 aromatic carbocycles. The number of nitrogens with one attached hydrogen (secondary N) is 2. The number of halogens is 1. The van der Waals surface area contributed by atoms with Gasteiger partial charge in [0.25, 0.3) is 5.91 Å². The van der Waals surface area contributed by atoms with E-state index in [2.05, 4.69) is 38.1 Å². The number of benzene rings is 1. The Morgan fingerprint density at radius 1 is 1.17 bits per heavy atom. The lowest BCUT2D eigenvalue weighted by Gasteiger charge is -2.24. The predicted molar refractivity (Wildman–Crippen MR) is 153 cm³/mol. The maximum absolute atomic E-state index is 13.5. The largest absolute Gasteiger partial charge is 0.374 e. The van der Waals surface area contributed by atoms with Crippen LogP contribution in [0.3, 0.4) is 0 Å². The molecule has 12 nitrogen and oxygen atoms in total. The molecule has 41 heavy (non-hydrogen) atoms. The molecule has 2 fully saturated rings. The third kappa shape index (κ3) is 4.98. The molecule has 1 atom stereocenters. The van der Waals surface area contributed by atoms with E-state index in [-0.39, 0.29) is 12.0 Å². The molecular formula is C28H29ClN10O2. The molecule has 0 spiro atoms. The van der Waals surface area contributed by atoms with Gasteiger partial charge in [0, 0.05) is 36.1 Å². The lowest BCUT2D eigenvalue weighted by molar-refractivity contribution is 0.0157. The Kier molecular flexibility index (Phi) is 6.53. The highest BCUT2D eigenvalue weighted by molar-refractivity contribution is 6.34. The summed E-state index contributed by atoms with van der Waals surface area (Å²) in [5.74, 6) is 0.166. The lowest BCUT2D eigenvalue weighted by Crippen LogP contribution is -2.41. The summed E-state index contributed by atoms with van der Waals surface area (Å²) in [6, 6.07) is 9.59. The first kappa shape index (κ1) is 25.8. The Labute approximate surface area is 240 Å².